The molecule has 0 bridgehead atoms. The highest BCUT2D eigenvalue weighted by molar-refractivity contribution is 6.30. The molecule has 0 saturated carbocycles. The van der Waals surface area contributed by atoms with Crippen molar-refractivity contribution >= 4 is 11.6 Å². The molecule has 0 unspecified atom stereocenters. The molecule has 0 amide bonds. The van der Waals surface area contributed by atoms with Crippen molar-refractivity contribution in [2.75, 3.05) is 0 Å². The van der Waals surface area contributed by atoms with Crippen LogP contribution in [0.1, 0.15) is 29.9 Å². The fourth-order valence-electron chi connectivity index (χ4n) is 1.66. The third kappa shape index (κ3) is 1.31. The summed E-state index contributed by atoms with van der Waals surface area (Å²) < 4.78 is 0. The van der Waals surface area contributed by atoms with E-state index in [1.165, 1.54) is 24.1 Å². The molecule has 0 aromatic carbocycles. The van der Waals surface area contributed by atoms with E-state index >= 15 is 0 Å². The van der Waals surface area contributed by atoms with Crippen molar-refractivity contribution < 1.29 is 0 Å². The molecule has 0 radical (unpaired) electrons. The molecule has 3 heteroatoms. The van der Waals surface area contributed by atoms with Crippen molar-refractivity contribution in [3.05, 3.63) is 22.2 Å². The molecule has 2 rings (SSSR count). The van der Waals surface area contributed by atoms with Gasteiger partial charge in [-0.2, -0.15) is 0 Å². The number of fused-ring (bicyclic) bond motifs is 1. The minimum atomic E-state index is 0.664. The fraction of sp³-hybridized carbons (Fsp3) is 0.556. The summed E-state index contributed by atoms with van der Waals surface area (Å²) in [5.41, 5.74) is 2.34. The van der Waals surface area contributed by atoms with Crippen LogP contribution in [0.15, 0.2) is 0 Å². The Labute approximate surface area is 77.0 Å². The Morgan fingerprint density at radius 3 is 2.75 bits per heavy atom. The topological polar surface area (TPSA) is 25.8 Å². The van der Waals surface area contributed by atoms with Gasteiger partial charge in [0.25, 0.3) is 0 Å². The Balaban J connectivity index is 2.53. The minimum absolute atomic E-state index is 0.664. The van der Waals surface area contributed by atoms with Crippen LogP contribution in [0.25, 0.3) is 0 Å². The molecular weight excluding hydrogens is 172 g/mol. The average Bonchev–Trinajstić information content (AvgIpc) is 2.04. The molecular formula is C9H11ClN2. The largest absolute Gasteiger partial charge is 0.238 e. The van der Waals surface area contributed by atoms with E-state index in [0.29, 0.717) is 5.15 Å². The SMILES string of the molecule is Cc1nc(Cl)c2c(n1)CCCC2. The predicted octanol–water partition coefficient (Wildman–Crippen LogP) is 2.32. The lowest BCUT2D eigenvalue weighted by molar-refractivity contribution is 0.658. The summed E-state index contributed by atoms with van der Waals surface area (Å²) in [6.07, 6.45) is 4.58. The first-order chi connectivity index (χ1) is 5.77. The second-order valence-electron chi connectivity index (χ2n) is 3.19. The Morgan fingerprint density at radius 1 is 1.17 bits per heavy atom. The number of nitrogens with zero attached hydrogens (tertiary/aromatic N) is 2. The first-order valence-corrected chi connectivity index (χ1v) is 4.67. The molecule has 1 aliphatic rings. The molecule has 0 spiro atoms. The molecule has 64 valence electrons. The second-order valence-corrected chi connectivity index (χ2v) is 3.55. The van der Waals surface area contributed by atoms with Gasteiger partial charge in [-0.05, 0) is 32.6 Å². The maximum atomic E-state index is 6.00. The van der Waals surface area contributed by atoms with Crippen LogP contribution in [0, 0.1) is 6.92 Å². The Morgan fingerprint density at radius 2 is 1.92 bits per heavy atom. The van der Waals surface area contributed by atoms with E-state index in [2.05, 4.69) is 9.97 Å². The molecule has 2 nitrogen and oxygen atoms in total. The van der Waals surface area contributed by atoms with Gasteiger partial charge in [0.15, 0.2) is 0 Å². The van der Waals surface area contributed by atoms with Crippen molar-refractivity contribution in [2.24, 2.45) is 0 Å². The van der Waals surface area contributed by atoms with Crippen molar-refractivity contribution in [1.29, 1.82) is 0 Å². The lowest BCUT2D eigenvalue weighted by Crippen LogP contribution is -2.08. The zero-order valence-corrected chi connectivity index (χ0v) is 7.86. The third-order valence-electron chi connectivity index (χ3n) is 2.24. The number of halogens is 1. The summed E-state index contributed by atoms with van der Waals surface area (Å²) in [5.74, 6) is 0.792. The first-order valence-electron chi connectivity index (χ1n) is 4.29. The van der Waals surface area contributed by atoms with Crippen molar-refractivity contribution in [3.63, 3.8) is 0 Å². The summed E-state index contributed by atoms with van der Waals surface area (Å²) in [4.78, 5) is 8.52. The quantitative estimate of drug-likeness (QED) is 0.576. The Bertz CT molecular complexity index is 310. The zero-order valence-electron chi connectivity index (χ0n) is 7.10. The molecule has 12 heavy (non-hydrogen) atoms. The standard InChI is InChI=1S/C9H11ClN2/c1-6-11-8-5-3-2-4-7(8)9(10)12-6/h2-5H2,1H3. The summed E-state index contributed by atoms with van der Waals surface area (Å²) >= 11 is 6.00. The van der Waals surface area contributed by atoms with E-state index in [4.69, 9.17) is 11.6 Å². The van der Waals surface area contributed by atoms with Crippen LogP contribution in [0.2, 0.25) is 5.15 Å². The number of rotatable bonds is 0. The van der Waals surface area contributed by atoms with Crippen LogP contribution in [-0.4, -0.2) is 9.97 Å². The highest BCUT2D eigenvalue weighted by Crippen LogP contribution is 2.24. The molecule has 1 aliphatic carbocycles. The van der Waals surface area contributed by atoms with Gasteiger partial charge in [-0.25, -0.2) is 9.97 Å². The van der Waals surface area contributed by atoms with E-state index in [-0.39, 0.29) is 0 Å². The van der Waals surface area contributed by atoms with Gasteiger partial charge in [0, 0.05) is 11.3 Å². The van der Waals surface area contributed by atoms with Gasteiger partial charge in [-0.3, -0.25) is 0 Å². The molecule has 1 aromatic heterocycles. The maximum absolute atomic E-state index is 6.00. The van der Waals surface area contributed by atoms with E-state index in [1.54, 1.807) is 0 Å². The van der Waals surface area contributed by atoms with Crippen molar-refractivity contribution in [1.82, 2.24) is 9.97 Å². The van der Waals surface area contributed by atoms with Crippen LogP contribution < -0.4 is 0 Å². The van der Waals surface area contributed by atoms with Crippen LogP contribution in [0.5, 0.6) is 0 Å². The van der Waals surface area contributed by atoms with E-state index < -0.39 is 0 Å². The van der Waals surface area contributed by atoms with Gasteiger partial charge >= 0.3 is 0 Å². The van der Waals surface area contributed by atoms with E-state index in [0.717, 1.165) is 18.7 Å². The Kier molecular flexibility index (Phi) is 2.01. The maximum Gasteiger partial charge on any atom is 0.136 e. The van der Waals surface area contributed by atoms with Crippen LogP contribution in [0.4, 0.5) is 0 Å². The predicted molar refractivity (Wildman–Crippen MR) is 48.4 cm³/mol. The molecule has 1 heterocycles. The number of hydrogen-bond donors (Lipinski definition) is 0. The first kappa shape index (κ1) is 7.99. The Hall–Kier alpha value is -0.630. The van der Waals surface area contributed by atoms with Crippen LogP contribution in [0.3, 0.4) is 0 Å². The molecule has 0 atom stereocenters. The smallest absolute Gasteiger partial charge is 0.136 e. The molecule has 0 fully saturated rings. The van der Waals surface area contributed by atoms with Gasteiger partial charge in [0.2, 0.25) is 0 Å². The lowest BCUT2D eigenvalue weighted by Gasteiger charge is -2.15. The normalized spacial score (nSPS) is 15.8. The average molecular weight is 183 g/mol. The van der Waals surface area contributed by atoms with E-state index in [1.807, 2.05) is 6.92 Å². The summed E-state index contributed by atoms with van der Waals surface area (Å²) in [5, 5.41) is 0.664. The minimum Gasteiger partial charge on any atom is -0.238 e. The summed E-state index contributed by atoms with van der Waals surface area (Å²) in [6, 6.07) is 0. The van der Waals surface area contributed by atoms with Gasteiger partial charge in [-0.15, -0.1) is 0 Å². The number of aromatic nitrogens is 2. The molecule has 0 N–H and O–H groups in total. The van der Waals surface area contributed by atoms with Crippen LogP contribution in [-0.2, 0) is 12.8 Å². The number of hydrogen-bond acceptors (Lipinski definition) is 2. The second kappa shape index (κ2) is 3.02. The fourth-order valence-corrected chi connectivity index (χ4v) is 1.99. The molecule has 0 aliphatic heterocycles. The van der Waals surface area contributed by atoms with Crippen molar-refractivity contribution in [2.45, 2.75) is 32.6 Å². The van der Waals surface area contributed by atoms with Gasteiger partial charge in [-0.1, -0.05) is 11.6 Å². The summed E-state index contributed by atoms with van der Waals surface area (Å²) in [7, 11) is 0. The van der Waals surface area contributed by atoms with E-state index in [9.17, 15) is 0 Å². The lowest BCUT2D eigenvalue weighted by atomic mass is 9.97. The van der Waals surface area contributed by atoms with Crippen molar-refractivity contribution in [3.8, 4) is 0 Å². The number of aryl methyl sites for hydroxylation is 2. The summed E-state index contributed by atoms with van der Waals surface area (Å²) in [6.45, 7) is 1.89. The highest BCUT2D eigenvalue weighted by atomic mass is 35.5. The third-order valence-corrected chi connectivity index (χ3v) is 2.56. The molecule has 1 aromatic rings. The van der Waals surface area contributed by atoms with Gasteiger partial charge < -0.3 is 0 Å². The van der Waals surface area contributed by atoms with Gasteiger partial charge in [0.1, 0.15) is 11.0 Å². The monoisotopic (exact) mass is 182 g/mol. The van der Waals surface area contributed by atoms with Crippen LogP contribution >= 0.6 is 11.6 Å². The van der Waals surface area contributed by atoms with Gasteiger partial charge in [0.05, 0.1) is 0 Å². The zero-order chi connectivity index (χ0) is 8.55. The highest BCUT2D eigenvalue weighted by Gasteiger charge is 2.14. The molecule has 0 saturated heterocycles.